The molecule has 2 fully saturated rings. The Balaban J connectivity index is 1.54. The Morgan fingerprint density at radius 1 is 1.00 bits per heavy atom. The highest BCUT2D eigenvalue weighted by Crippen LogP contribution is 2.44. The van der Waals surface area contributed by atoms with E-state index in [4.69, 9.17) is 0 Å². The average molecular weight is 229 g/mol. The lowest BCUT2D eigenvalue weighted by atomic mass is 10.1. The summed E-state index contributed by atoms with van der Waals surface area (Å²) >= 11 is 0. The van der Waals surface area contributed by atoms with Gasteiger partial charge in [-0.3, -0.25) is 0 Å². The molecule has 2 saturated carbocycles. The van der Waals surface area contributed by atoms with Crippen LogP contribution in [0.25, 0.3) is 0 Å². The fraction of sp³-hybridized carbons (Fsp3) is 0.625. The van der Waals surface area contributed by atoms with Gasteiger partial charge in [-0.2, -0.15) is 0 Å². The molecule has 0 bridgehead atoms. The minimum atomic E-state index is 0.820. The number of hydrogen-bond acceptors (Lipinski definition) is 1. The third-order valence-electron chi connectivity index (χ3n) is 4.23. The SMILES string of the molecule is CCc1ccc(CNC(C2CC2)C2CC2)cc1. The first-order valence-electron chi connectivity index (χ1n) is 7.18. The topological polar surface area (TPSA) is 12.0 Å². The van der Waals surface area contributed by atoms with Crippen molar-refractivity contribution in [3.8, 4) is 0 Å². The van der Waals surface area contributed by atoms with Gasteiger partial charge in [0.2, 0.25) is 0 Å². The van der Waals surface area contributed by atoms with Gasteiger partial charge in [0.05, 0.1) is 0 Å². The van der Waals surface area contributed by atoms with Crippen LogP contribution in [0, 0.1) is 11.8 Å². The van der Waals surface area contributed by atoms with Crippen LogP contribution in [0.1, 0.15) is 43.7 Å². The minimum Gasteiger partial charge on any atom is -0.309 e. The Morgan fingerprint density at radius 2 is 1.53 bits per heavy atom. The lowest BCUT2D eigenvalue weighted by Gasteiger charge is -2.17. The maximum Gasteiger partial charge on any atom is 0.0208 e. The van der Waals surface area contributed by atoms with Gasteiger partial charge >= 0.3 is 0 Å². The molecule has 92 valence electrons. The van der Waals surface area contributed by atoms with E-state index in [0.29, 0.717) is 0 Å². The number of aryl methyl sites for hydroxylation is 1. The van der Waals surface area contributed by atoms with Crippen LogP contribution < -0.4 is 5.32 Å². The predicted octanol–water partition coefficient (Wildman–Crippen LogP) is 3.53. The van der Waals surface area contributed by atoms with Crippen molar-refractivity contribution < 1.29 is 0 Å². The molecular weight excluding hydrogens is 206 g/mol. The number of rotatable bonds is 6. The van der Waals surface area contributed by atoms with Crippen LogP contribution in [0.3, 0.4) is 0 Å². The van der Waals surface area contributed by atoms with Gasteiger partial charge in [0.25, 0.3) is 0 Å². The van der Waals surface area contributed by atoms with Crippen LogP contribution >= 0.6 is 0 Å². The Kier molecular flexibility index (Phi) is 3.19. The maximum atomic E-state index is 3.80. The van der Waals surface area contributed by atoms with Crippen molar-refractivity contribution in [1.82, 2.24) is 5.32 Å². The monoisotopic (exact) mass is 229 g/mol. The smallest absolute Gasteiger partial charge is 0.0208 e. The molecule has 2 aliphatic carbocycles. The standard InChI is InChI=1S/C16H23N/c1-2-12-3-5-13(6-4-12)11-17-16(14-7-8-14)15-9-10-15/h3-6,14-17H,2,7-11H2,1H3. The van der Waals surface area contributed by atoms with Crippen LogP contribution in [-0.4, -0.2) is 6.04 Å². The second-order valence-corrected chi connectivity index (χ2v) is 5.75. The highest BCUT2D eigenvalue weighted by Gasteiger charge is 2.40. The van der Waals surface area contributed by atoms with E-state index in [-0.39, 0.29) is 0 Å². The van der Waals surface area contributed by atoms with Crippen molar-refractivity contribution in [2.45, 2.75) is 51.6 Å². The van der Waals surface area contributed by atoms with Crippen LogP contribution in [0.15, 0.2) is 24.3 Å². The molecule has 0 aliphatic heterocycles. The third kappa shape index (κ3) is 2.90. The van der Waals surface area contributed by atoms with Gasteiger partial charge in [0.1, 0.15) is 0 Å². The molecule has 1 aromatic carbocycles. The molecule has 0 radical (unpaired) electrons. The lowest BCUT2D eigenvalue weighted by molar-refractivity contribution is 0.416. The number of nitrogens with one attached hydrogen (secondary N) is 1. The summed E-state index contributed by atoms with van der Waals surface area (Å²) in [5, 5.41) is 3.80. The Bertz CT molecular complexity index is 348. The van der Waals surface area contributed by atoms with E-state index >= 15 is 0 Å². The van der Waals surface area contributed by atoms with Gasteiger partial charge < -0.3 is 5.32 Å². The van der Waals surface area contributed by atoms with Gasteiger partial charge in [-0.25, -0.2) is 0 Å². The maximum absolute atomic E-state index is 3.80. The molecule has 1 N–H and O–H groups in total. The Labute approximate surface area is 105 Å². The first-order valence-corrected chi connectivity index (χ1v) is 7.18. The van der Waals surface area contributed by atoms with Gasteiger partial charge in [0.15, 0.2) is 0 Å². The van der Waals surface area contributed by atoms with Crippen molar-refractivity contribution in [3.63, 3.8) is 0 Å². The van der Waals surface area contributed by atoms with Crippen LogP contribution in [0.2, 0.25) is 0 Å². The zero-order valence-corrected chi connectivity index (χ0v) is 10.8. The summed E-state index contributed by atoms with van der Waals surface area (Å²) in [6.07, 6.45) is 6.98. The second kappa shape index (κ2) is 4.81. The van der Waals surface area contributed by atoms with Gasteiger partial charge in [-0.15, -0.1) is 0 Å². The molecule has 0 atom stereocenters. The van der Waals surface area contributed by atoms with E-state index in [2.05, 4.69) is 36.5 Å². The quantitative estimate of drug-likeness (QED) is 0.787. The normalized spacial score (nSPS) is 19.9. The highest BCUT2D eigenvalue weighted by molar-refractivity contribution is 5.22. The summed E-state index contributed by atoms with van der Waals surface area (Å²) in [6, 6.07) is 9.91. The van der Waals surface area contributed by atoms with E-state index in [0.717, 1.165) is 30.8 Å². The predicted molar refractivity (Wildman–Crippen MR) is 71.9 cm³/mol. The largest absolute Gasteiger partial charge is 0.309 e. The molecule has 1 aromatic rings. The average Bonchev–Trinajstić information content (AvgIpc) is 3.24. The Hall–Kier alpha value is -0.820. The van der Waals surface area contributed by atoms with Crippen LogP contribution in [0.4, 0.5) is 0 Å². The fourth-order valence-electron chi connectivity index (χ4n) is 2.76. The second-order valence-electron chi connectivity index (χ2n) is 5.75. The van der Waals surface area contributed by atoms with E-state index in [9.17, 15) is 0 Å². The molecule has 0 unspecified atom stereocenters. The molecule has 0 spiro atoms. The molecule has 0 aromatic heterocycles. The van der Waals surface area contributed by atoms with Crippen molar-refractivity contribution >= 4 is 0 Å². The van der Waals surface area contributed by atoms with E-state index in [1.807, 2.05) is 0 Å². The number of hydrogen-bond donors (Lipinski definition) is 1. The molecular formula is C16H23N. The first-order chi connectivity index (χ1) is 8.36. The van der Waals surface area contributed by atoms with Gasteiger partial charge in [0, 0.05) is 12.6 Å². The zero-order chi connectivity index (χ0) is 11.7. The summed E-state index contributed by atoms with van der Waals surface area (Å²) < 4.78 is 0. The highest BCUT2D eigenvalue weighted by atomic mass is 14.9. The molecule has 1 heteroatoms. The van der Waals surface area contributed by atoms with Crippen LogP contribution in [-0.2, 0) is 13.0 Å². The van der Waals surface area contributed by atoms with Gasteiger partial charge in [-0.05, 0) is 55.1 Å². The van der Waals surface area contributed by atoms with Crippen molar-refractivity contribution in [3.05, 3.63) is 35.4 Å². The van der Waals surface area contributed by atoms with Crippen molar-refractivity contribution in [1.29, 1.82) is 0 Å². The molecule has 17 heavy (non-hydrogen) atoms. The van der Waals surface area contributed by atoms with E-state index < -0.39 is 0 Å². The molecule has 2 aliphatic rings. The summed E-state index contributed by atoms with van der Waals surface area (Å²) in [4.78, 5) is 0. The van der Waals surface area contributed by atoms with Crippen molar-refractivity contribution in [2.24, 2.45) is 11.8 Å². The molecule has 0 heterocycles. The molecule has 3 rings (SSSR count). The summed E-state index contributed by atoms with van der Waals surface area (Å²) in [7, 11) is 0. The fourth-order valence-corrected chi connectivity index (χ4v) is 2.76. The summed E-state index contributed by atoms with van der Waals surface area (Å²) in [6.45, 7) is 3.27. The van der Waals surface area contributed by atoms with Crippen molar-refractivity contribution in [2.75, 3.05) is 0 Å². The summed E-state index contributed by atoms with van der Waals surface area (Å²) in [5.74, 6) is 2.00. The molecule has 0 saturated heterocycles. The lowest BCUT2D eigenvalue weighted by Crippen LogP contribution is -2.32. The minimum absolute atomic E-state index is 0.820. The Morgan fingerprint density at radius 3 is 2.00 bits per heavy atom. The van der Waals surface area contributed by atoms with Crippen LogP contribution in [0.5, 0.6) is 0 Å². The zero-order valence-electron chi connectivity index (χ0n) is 10.8. The molecule has 0 amide bonds. The van der Waals surface area contributed by atoms with E-state index in [1.54, 1.807) is 0 Å². The molecule has 1 nitrogen and oxygen atoms in total. The summed E-state index contributed by atoms with van der Waals surface area (Å²) in [5.41, 5.74) is 2.88. The van der Waals surface area contributed by atoms with Gasteiger partial charge in [-0.1, -0.05) is 31.2 Å². The third-order valence-corrected chi connectivity index (χ3v) is 4.23. The number of benzene rings is 1. The van der Waals surface area contributed by atoms with E-state index in [1.165, 1.54) is 36.8 Å². The first kappa shape index (κ1) is 11.3.